The van der Waals surface area contributed by atoms with E-state index in [1.807, 2.05) is 6.08 Å². The number of hydrogen-bond acceptors (Lipinski definition) is 7. The van der Waals surface area contributed by atoms with Crippen LogP contribution in [0.2, 0.25) is 0 Å². The van der Waals surface area contributed by atoms with Crippen molar-refractivity contribution in [2.45, 2.75) is 10.6 Å². The standard InChI is InChI=1S/C20H24N2O6S2/c1-26-15-11-16(27-2)20(17(12-15)28-3)14-6-8-22(9-7-14)18(23)13-21-30(24,25)19-5-4-10-29-19/h4-6,10-12,21H,7-9,13H2,1-3H3. The molecule has 0 radical (unpaired) electrons. The molecule has 1 aliphatic heterocycles. The predicted molar refractivity (Wildman–Crippen MR) is 115 cm³/mol. The first-order valence-electron chi connectivity index (χ1n) is 9.20. The number of benzene rings is 1. The zero-order valence-corrected chi connectivity index (χ0v) is 18.6. The van der Waals surface area contributed by atoms with Crippen molar-refractivity contribution in [2.75, 3.05) is 41.0 Å². The minimum atomic E-state index is -3.67. The molecule has 1 aliphatic rings. The molecule has 0 aliphatic carbocycles. The topological polar surface area (TPSA) is 94.2 Å². The Morgan fingerprint density at radius 3 is 2.37 bits per heavy atom. The molecule has 2 heterocycles. The number of ether oxygens (including phenoxy) is 3. The van der Waals surface area contributed by atoms with Gasteiger partial charge in [0, 0.05) is 25.2 Å². The van der Waals surface area contributed by atoms with E-state index in [4.69, 9.17) is 14.2 Å². The third-order valence-electron chi connectivity index (χ3n) is 4.77. The van der Waals surface area contributed by atoms with Gasteiger partial charge in [0.1, 0.15) is 21.5 Å². The fraction of sp³-hybridized carbons (Fsp3) is 0.350. The van der Waals surface area contributed by atoms with Crippen LogP contribution in [0.25, 0.3) is 5.57 Å². The van der Waals surface area contributed by atoms with E-state index in [9.17, 15) is 13.2 Å². The number of amides is 1. The molecule has 2 aromatic rings. The first-order chi connectivity index (χ1) is 14.4. The van der Waals surface area contributed by atoms with Crippen LogP contribution in [-0.2, 0) is 14.8 Å². The maximum absolute atomic E-state index is 12.5. The van der Waals surface area contributed by atoms with Gasteiger partial charge in [0.2, 0.25) is 5.91 Å². The summed E-state index contributed by atoms with van der Waals surface area (Å²) in [5.74, 6) is 1.60. The van der Waals surface area contributed by atoms with E-state index in [2.05, 4.69) is 4.72 Å². The zero-order valence-electron chi connectivity index (χ0n) is 17.0. The Kier molecular flexibility index (Phi) is 7.01. The lowest BCUT2D eigenvalue weighted by Crippen LogP contribution is -2.41. The van der Waals surface area contributed by atoms with E-state index >= 15 is 0 Å². The van der Waals surface area contributed by atoms with E-state index in [1.165, 1.54) is 6.07 Å². The number of hydrogen-bond donors (Lipinski definition) is 1. The third kappa shape index (κ3) is 4.77. The van der Waals surface area contributed by atoms with Gasteiger partial charge in [0.05, 0.1) is 33.4 Å². The van der Waals surface area contributed by atoms with Crippen LogP contribution in [0, 0.1) is 0 Å². The largest absolute Gasteiger partial charge is 0.496 e. The quantitative estimate of drug-likeness (QED) is 0.661. The molecule has 10 heteroatoms. The van der Waals surface area contributed by atoms with Gasteiger partial charge in [0.15, 0.2) is 0 Å². The summed E-state index contributed by atoms with van der Waals surface area (Å²) in [7, 11) is 1.06. The molecule has 1 aromatic heterocycles. The number of nitrogens with one attached hydrogen (secondary N) is 1. The summed E-state index contributed by atoms with van der Waals surface area (Å²) in [5.41, 5.74) is 1.82. The van der Waals surface area contributed by atoms with Crippen LogP contribution >= 0.6 is 11.3 Å². The maximum atomic E-state index is 12.5. The van der Waals surface area contributed by atoms with Crippen molar-refractivity contribution in [1.82, 2.24) is 9.62 Å². The van der Waals surface area contributed by atoms with E-state index in [0.717, 1.165) is 22.5 Å². The molecule has 0 unspecified atom stereocenters. The summed E-state index contributed by atoms with van der Waals surface area (Å²) in [5, 5.41) is 1.68. The Bertz CT molecular complexity index is 1010. The first kappa shape index (κ1) is 22.1. The highest BCUT2D eigenvalue weighted by Crippen LogP contribution is 2.40. The van der Waals surface area contributed by atoms with Gasteiger partial charge in [-0.05, 0) is 23.4 Å². The van der Waals surface area contributed by atoms with E-state index in [1.54, 1.807) is 49.8 Å². The van der Waals surface area contributed by atoms with Crippen molar-refractivity contribution >= 4 is 32.8 Å². The highest BCUT2D eigenvalue weighted by Gasteiger charge is 2.24. The van der Waals surface area contributed by atoms with E-state index < -0.39 is 10.0 Å². The van der Waals surface area contributed by atoms with Gasteiger partial charge in [-0.25, -0.2) is 13.1 Å². The Labute approximate surface area is 180 Å². The second kappa shape index (κ2) is 9.50. The smallest absolute Gasteiger partial charge is 0.250 e. The summed E-state index contributed by atoms with van der Waals surface area (Å²) in [6.07, 6.45) is 2.52. The lowest BCUT2D eigenvalue weighted by Gasteiger charge is -2.28. The monoisotopic (exact) mass is 452 g/mol. The van der Waals surface area contributed by atoms with Gasteiger partial charge in [-0.3, -0.25) is 4.79 Å². The number of carbonyl (C=O) groups is 1. The van der Waals surface area contributed by atoms with Crippen molar-refractivity contribution in [3.8, 4) is 17.2 Å². The molecule has 1 amide bonds. The molecule has 30 heavy (non-hydrogen) atoms. The van der Waals surface area contributed by atoms with Crippen LogP contribution in [0.4, 0.5) is 0 Å². The predicted octanol–water partition coefficient (Wildman–Crippen LogP) is 2.37. The molecular weight excluding hydrogens is 428 g/mol. The SMILES string of the molecule is COc1cc(OC)c(C2=CCN(C(=O)CNS(=O)(=O)c3cccs3)CC2)c(OC)c1. The third-order valence-corrected chi connectivity index (χ3v) is 7.57. The van der Waals surface area contributed by atoms with Crippen LogP contribution < -0.4 is 18.9 Å². The van der Waals surface area contributed by atoms with Gasteiger partial charge in [-0.1, -0.05) is 12.1 Å². The fourth-order valence-electron chi connectivity index (χ4n) is 3.20. The number of thiophene rings is 1. The van der Waals surface area contributed by atoms with Crippen LogP contribution in [0.15, 0.2) is 39.9 Å². The Morgan fingerprint density at radius 2 is 1.87 bits per heavy atom. The second-order valence-corrected chi connectivity index (χ2v) is 9.42. The summed E-state index contributed by atoms with van der Waals surface area (Å²) in [4.78, 5) is 14.1. The van der Waals surface area contributed by atoms with Crippen LogP contribution in [-0.4, -0.2) is 60.2 Å². The molecular formula is C20H24N2O6S2. The normalized spacial score (nSPS) is 14.2. The molecule has 0 bridgehead atoms. The molecule has 3 rings (SSSR count). The molecule has 0 saturated heterocycles. The Hall–Kier alpha value is -2.56. The molecule has 0 atom stereocenters. The van der Waals surface area contributed by atoms with Crippen molar-refractivity contribution in [1.29, 1.82) is 0 Å². The minimum absolute atomic E-state index is 0.190. The maximum Gasteiger partial charge on any atom is 0.250 e. The Morgan fingerprint density at radius 1 is 1.17 bits per heavy atom. The molecule has 162 valence electrons. The average molecular weight is 453 g/mol. The first-order valence-corrected chi connectivity index (χ1v) is 11.6. The fourth-order valence-corrected chi connectivity index (χ4v) is 5.21. The highest BCUT2D eigenvalue weighted by atomic mass is 32.2. The van der Waals surface area contributed by atoms with Crippen LogP contribution in [0.5, 0.6) is 17.2 Å². The highest BCUT2D eigenvalue weighted by molar-refractivity contribution is 7.91. The number of nitrogens with zero attached hydrogens (tertiary/aromatic N) is 1. The van der Waals surface area contributed by atoms with Gasteiger partial charge >= 0.3 is 0 Å². The summed E-state index contributed by atoms with van der Waals surface area (Å²) in [6, 6.07) is 6.73. The lowest BCUT2D eigenvalue weighted by atomic mass is 9.97. The van der Waals surface area contributed by atoms with Crippen LogP contribution in [0.3, 0.4) is 0 Å². The van der Waals surface area contributed by atoms with Crippen molar-refractivity contribution < 1.29 is 27.4 Å². The number of sulfonamides is 1. The summed E-state index contributed by atoms with van der Waals surface area (Å²) >= 11 is 1.11. The minimum Gasteiger partial charge on any atom is -0.496 e. The van der Waals surface area contributed by atoms with Crippen molar-refractivity contribution in [2.24, 2.45) is 0 Å². The van der Waals surface area contributed by atoms with Gasteiger partial charge in [-0.15, -0.1) is 11.3 Å². The zero-order chi connectivity index (χ0) is 21.7. The number of rotatable bonds is 8. The van der Waals surface area contributed by atoms with E-state index in [0.29, 0.717) is 36.8 Å². The summed E-state index contributed by atoms with van der Waals surface area (Å²) in [6.45, 7) is 0.551. The van der Waals surface area contributed by atoms with Gasteiger partial charge in [0.25, 0.3) is 10.0 Å². The molecule has 1 N–H and O–H groups in total. The van der Waals surface area contributed by atoms with Crippen molar-refractivity contribution in [3.63, 3.8) is 0 Å². The van der Waals surface area contributed by atoms with Gasteiger partial charge < -0.3 is 19.1 Å². The van der Waals surface area contributed by atoms with Crippen LogP contribution in [0.1, 0.15) is 12.0 Å². The number of methoxy groups -OCH3 is 3. The summed E-state index contributed by atoms with van der Waals surface area (Å²) < 4.78 is 43.2. The Balaban J connectivity index is 1.70. The van der Waals surface area contributed by atoms with E-state index in [-0.39, 0.29) is 16.7 Å². The molecule has 8 nitrogen and oxygen atoms in total. The van der Waals surface area contributed by atoms with Gasteiger partial charge in [-0.2, -0.15) is 0 Å². The average Bonchev–Trinajstić information content (AvgIpc) is 3.32. The molecule has 0 spiro atoms. The van der Waals surface area contributed by atoms with Crippen molar-refractivity contribution in [3.05, 3.63) is 41.3 Å². The molecule has 1 aromatic carbocycles. The lowest BCUT2D eigenvalue weighted by molar-refractivity contribution is -0.129. The number of carbonyl (C=O) groups excluding carboxylic acids is 1. The second-order valence-electron chi connectivity index (χ2n) is 6.48. The molecule has 0 saturated carbocycles. The molecule has 0 fully saturated rings.